The molecule has 0 heterocycles. The van der Waals surface area contributed by atoms with Crippen LogP contribution in [0.1, 0.15) is 40.5 Å². The van der Waals surface area contributed by atoms with Crippen LogP contribution in [-0.4, -0.2) is 25.4 Å². The predicted octanol–water partition coefficient (Wildman–Crippen LogP) is 3.55. The fourth-order valence-electron chi connectivity index (χ4n) is 1.71. The zero-order valence-corrected chi connectivity index (χ0v) is 12.6. The van der Waals surface area contributed by atoms with Crippen LogP contribution in [0.4, 0.5) is 0 Å². The van der Waals surface area contributed by atoms with Gasteiger partial charge in [0, 0.05) is 0 Å². The van der Waals surface area contributed by atoms with Crippen LogP contribution in [0.2, 0.25) is 19.1 Å². The summed E-state index contributed by atoms with van der Waals surface area (Å²) in [5, 5.41) is 8.79. The monoisotopic (exact) mass is 280 g/mol. The first-order chi connectivity index (χ1) is 8.85. The second-order valence-electron chi connectivity index (χ2n) is 5.14. The normalized spacial score (nSPS) is 11.1. The Bertz CT molecular complexity index is 451. The van der Waals surface area contributed by atoms with E-state index in [2.05, 4.69) is 6.92 Å². The molecule has 0 unspecified atom stereocenters. The fourth-order valence-corrected chi connectivity index (χ4v) is 3.64. The van der Waals surface area contributed by atoms with Crippen LogP contribution in [-0.2, 0) is 4.43 Å². The lowest BCUT2D eigenvalue weighted by atomic mass is 10.1. The van der Waals surface area contributed by atoms with Crippen LogP contribution >= 0.6 is 0 Å². The molecule has 1 rings (SSSR count). The van der Waals surface area contributed by atoms with Crippen molar-refractivity contribution in [2.24, 2.45) is 0 Å². The van der Waals surface area contributed by atoms with Crippen molar-refractivity contribution in [3.05, 3.63) is 35.4 Å². The smallest absolute Gasteiger partial charge is 0.335 e. The van der Waals surface area contributed by atoms with Gasteiger partial charge in [-0.15, -0.1) is 0 Å². The van der Waals surface area contributed by atoms with Gasteiger partial charge < -0.3 is 9.53 Å². The van der Waals surface area contributed by atoms with E-state index in [1.165, 1.54) is 24.3 Å². The average Bonchev–Trinajstić information content (AvgIpc) is 2.36. The van der Waals surface area contributed by atoms with Crippen LogP contribution in [0.15, 0.2) is 24.3 Å². The maximum Gasteiger partial charge on any atom is 0.335 e. The Labute approximate surface area is 114 Å². The minimum absolute atomic E-state index is 0.166. The van der Waals surface area contributed by atoms with Crippen molar-refractivity contribution in [1.29, 1.82) is 0 Å². The highest BCUT2D eigenvalue weighted by Crippen LogP contribution is 2.17. The molecule has 104 valence electrons. The SMILES string of the molecule is CCCC[Si](C)(C)OC(=O)c1ccc(C(=O)O)cc1. The summed E-state index contributed by atoms with van der Waals surface area (Å²) >= 11 is 0. The van der Waals surface area contributed by atoms with Gasteiger partial charge in [0.2, 0.25) is 8.32 Å². The molecular formula is C14H20O4Si. The second-order valence-corrected chi connectivity index (χ2v) is 9.36. The number of carboxylic acid groups (broad SMARTS) is 1. The van der Waals surface area contributed by atoms with Crippen molar-refractivity contribution in [1.82, 2.24) is 0 Å². The minimum atomic E-state index is -1.97. The van der Waals surface area contributed by atoms with Crippen LogP contribution < -0.4 is 0 Å². The summed E-state index contributed by atoms with van der Waals surface area (Å²) in [5.41, 5.74) is 0.570. The van der Waals surface area contributed by atoms with Gasteiger partial charge >= 0.3 is 11.9 Å². The first-order valence-corrected chi connectivity index (χ1v) is 9.54. The number of carbonyl (C=O) groups excluding carboxylic acids is 1. The van der Waals surface area contributed by atoms with Gasteiger partial charge in [-0.05, 0) is 43.4 Å². The van der Waals surface area contributed by atoms with Crippen molar-refractivity contribution in [3.63, 3.8) is 0 Å². The average molecular weight is 280 g/mol. The standard InChI is InChI=1S/C14H20O4Si/c1-4-5-10-19(2,3)18-14(17)12-8-6-11(7-9-12)13(15)16/h6-9H,4-5,10H2,1-3H3,(H,15,16). The van der Waals surface area contributed by atoms with Crippen LogP contribution in [0.25, 0.3) is 0 Å². The Morgan fingerprint density at radius 1 is 1.16 bits per heavy atom. The Morgan fingerprint density at radius 2 is 1.68 bits per heavy atom. The van der Waals surface area contributed by atoms with Gasteiger partial charge in [-0.1, -0.05) is 19.8 Å². The van der Waals surface area contributed by atoms with E-state index in [4.69, 9.17) is 9.53 Å². The Balaban J connectivity index is 2.70. The maximum absolute atomic E-state index is 12.0. The number of carbonyl (C=O) groups is 2. The van der Waals surface area contributed by atoms with Gasteiger partial charge in [0.1, 0.15) is 0 Å². The Kier molecular flexibility index (Phi) is 5.29. The molecule has 19 heavy (non-hydrogen) atoms. The van der Waals surface area contributed by atoms with E-state index < -0.39 is 14.3 Å². The van der Waals surface area contributed by atoms with E-state index in [1.54, 1.807) is 0 Å². The molecule has 0 spiro atoms. The predicted molar refractivity (Wildman–Crippen MR) is 76.0 cm³/mol. The first-order valence-electron chi connectivity index (χ1n) is 6.42. The van der Waals surface area contributed by atoms with Crippen molar-refractivity contribution >= 4 is 20.3 Å². The maximum atomic E-state index is 12.0. The molecule has 5 heteroatoms. The quantitative estimate of drug-likeness (QED) is 0.809. The summed E-state index contributed by atoms with van der Waals surface area (Å²) in [6.45, 7) is 6.15. The highest BCUT2D eigenvalue weighted by molar-refractivity contribution is 6.72. The number of aromatic carboxylic acids is 1. The molecule has 0 atom stereocenters. The molecule has 4 nitrogen and oxygen atoms in total. The van der Waals surface area contributed by atoms with E-state index in [1.807, 2.05) is 13.1 Å². The Morgan fingerprint density at radius 3 is 2.16 bits per heavy atom. The molecule has 1 aromatic carbocycles. The summed E-state index contributed by atoms with van der Waals surface area (Å²) in [5.74, 6) is -1.36. The zero-order chi connectivity index (χ0) is 14.5. The van der Waals surface area contributed by atoms with Crippen molar-refractivity contribution < 1.29 is 19.1 Å². The summed E-state index contributed by atoms with van der Waals surface area (Å²) in [6, 6.07) is 6.77. The fraction of sp³-hybridized carbons (Fsp3) is 0.429. The number of rotatable bonds is 6. The van der Waals surface area contributed by atoms with E-state index in [0.717, 1.165) is 18.9 Å². The van der Waals surface area contributed by atoms with Crippen molar-refractivity contribution in [2.45, 2.75) is 38.9 Å². The molecule has 0 fully saturated rings. The highest BCUT2D eigenvalue weighted by Gasteiger charge is 2.26. The summed E-state index contributed by atoms with van der Waals surface area (Å²) in [6.07, 6.45) is 2.14. The molecule has 0 saturated heterocycles. The molecule has 0 bridgehead atoms. The van der Waals surface area contributed by atoms with E-state index in [0.29, 0.717) is 5.56 Å². The lowest BCUT2D eigenvalue weighted by Gasteiger charge is -2.22. The topological polar surface area (TPSA) is 63.6 Å². The third-order valence-corrected chi connectivity index (χ3v) is 5.16. The largest absolute Gasteiger partial charge is 0.516 e. The summed E-state index contributed by atoms with van der Waals surface area (Å²) < 4.78 is 5.58. The van der Waals surface area contributed by atoms with Crippen LogP contribution in [0, 0.1) is 0 Å². The van der Waals surface area contributed by atoms with Crippen LogP contribution in [0.3, 0.4) is 0 Å². The molecule has 1 N–H and O–H groups in total. The number of hydrogen-bond donors (Lipinski definition) is 1. The van der Waals surface area contributed by atoms with Gasteiger partial charge in [-0.3, -0.25) is 0 Å². The van der Waals surface area contributed by atoms with Gasteiger partial charge in [-0.2, -0.15) is 0 Å². The summed E-state index contributed by atoms with van der Waals surface area (Å²) in [7, 11) is -1.97. The number of benzene rings is 1. The van der Waals surface area contributed by atoms with Gasteiger partial charge in [-0.25, -0.2) is 9.59 Å². The number of hydrogen-bond acceptors (Lipinski definition) is 3. The highest BCUT2D eigenvalue weighted by atomic mass is 28.4. The third kappa shape index (κ3) is 4.87. The van der Waals surface area contributed by atoms with Gasteiger partial charge in [0.25, 0.3) is 0 Å². The van der Waals surface area contributed by atoms with E-state index in [9.17, 15) is 9.59 Å². The van der Waals surface area contributed by atoms with Crippen molar-refractivity contribution in [3.8, 4) is 0 Å². The molecule has 0 radical (unpaired) electrons. The van der Waals surface area contributed by atoms with E-state index >= 15 is 0 Å². The lowest BCUT2D eigenvalue weighted by molar-refractivity contribution is 0.0689. The molecule has 0 amide bonds. The number of carboxylic acids is 1. The minimum Gasteiger partial charge on any atom is -0.516 e. The molecule has 1 aromatic rings. The van der Waals surface area contributed by atoms with E-state index in [-0.39, 0.29) is 11.5 Å². The molecule has 0 aromatic heterocycles. The molecule has 0 aliphatic heterocycles. The number of unbranched alkanes of at least 4 members (excludes halogenated alkanes) is 1. The molecule has 0 aliphatic rings. The summed E-state index contributed by atoms with van der Waals surface area (Å²) in [4.78, 5) is 22.7. The second kappa shape index (κ2) is 6.52. The molecule has 0 saturated carbocycles. The van der Waals surface area contributed by atoms with Gasteiger partial charge in [0.05, 0.1) is 11.1 Å². The molecular weight excluding hydrogens is 260 g/mol. The van der Waals surface area contributed by atoms with Gasteiger partial charge in [0.15, 0.2) is 0 Å². The van der Waals surface area contributed by atoms with Crippen molar-refractivity contribution in [2.75, 3.05) is 0 Å². The third-order valence-electron chi connectivity index (χ3n) is 2.87. The Hall–Kier alpha value is -1.62. The lowest BCUT2D eigenvalue weighted by Crippen LogP contribution is -2.33. The first kappa shape index (κ1) is 15.4. The van der Waals surface area contributed by atoms with Crippen LogP contribution in [0.5, 0.6) is 0 Å². The molecule has 0 aliphatic carbocycles. The zero-order valence-electron chi connectivity index (χ0n) is 11.6.